The van der Waals surface area contributed by atoms with E-state index in [0.29, 0.717) is 12.3 Å². The number of rotatable bonds is 4. The minimum Gasteiger partial charge on any atom is -0.495 e. The minimum atomic E-state index is 0.00239. The van der Waals surface area contributed by atoms with E-state index in [1.165, 1.54) is 10.4 Å². The fourth-order valence-corrected chi connectivity index (χ4v) is 3.64. The van der Waals surface area contributed by atoms with Crippen molar-refractivity contribution in [2.45, 2.75) is 19.9 Å². The van der Waals surface area contributed by atoms with Crippen LogP contribution in [0, 0.1) is 6.92 Å². The van der Waals surface area contributed by atoms with Gasteiger partial charge in [0.25, 0.3) is 0 Å². The molecule has 0 saturated heterocycles. The molecule has 1 aromatic carbocycles. The molecule has 0 fully saturated rings. The lowest BCUT2D eigenvalue weighted by Gasteiger charge is -2.26. The van der Waals surface area contributed by atoms with Gasteiger partial charge in [-0.05, 0) is 48.1 Å². The van der Waals surface area contributed by atoms with Crippen LogP contribution in [-0.2, 0) is 17.8 Å². The molecular weight excluding hydrogens is 296 g/mol. The standard InChI is InChI=1S/C17H20N2O2S/c1-12-3-4-15(21-2)14(9-12)18-17(20)11-19-7-5-16-13(10-19)6-8-22-16/h3-4,6,8-9H,5,7,10-11H2,1-2H3,(H,18,20). The third-order valence-corrected chi connectivity index (χ3v) is 4.91. The number of thiophene rings is 1. The molecule has 2 aromatic rings. The van der Waals surface area contributed by atoms with Crippen LogP contribution in [0.1, 0.15) is 16.0 Å². The summed E-state index contributed by atoms with van der Waals surface area (Å²) in [4.78, 5) is 15.9. The molecule has 1 aliphatic rings. The van der Waals surface area contributed by atoms with E-state index in [4.69, 9.17) is 4.74 Å². The molecule has 3 rings (SSSR count). The van der Waals surface area contributed by atoms with Gasteiger partial charge in [0.1, 0.15) is 5.75 Å². The number of nitrogens with zero attached hydrogens (tertiary/aromatic N) is 1. The van der Waals surface area contributed by atoms with Crippen molar-refractivity contribution in [3.63, 3.8) is 0 Å². The Morgan fingerprint density at radius 3 is 3.09 bits per heavy atom. The SMILES string of the molecule is COc1ccc(C)cc1NC(=O)CN1CCc2sccc2C1. The highest BCUT2D eigenvalue weighted by atomic mass is 32.1. The number of methoxy groups -OCH3 is 1. The number of fused-ring (bicyclic) bond motifs is 1. The summed E-state index contributed by atoms with van der Waals surface area (Å²) in [6, 6.07) is 7.94. The average molecular weight is 316 g/mol. The van der Waals surface area contributed by atoms with Crippen LogP contribution in [0.4, 0.5) is 5.69 Å². The molecule has 0 spiro atoms. The molecule has 1 amide bonds. The predicted molar refractivity (Wildman–Crippen MR) is 89.7 cm³/mol. The summed E-state index contributed by atoms with van der Waals surface area (Å²) >= 11 is 1.81. The molecule has 0 bridgehead atoms. The summed E-state index contributed by atoms with van der Waals surface area (Å²) in [5, 5.41) is 5.10. The van der Waals surface area contributed by atoms with Gasteiger partial charge in [0.05, 0.1) is 19.3 Å². The lowest BCUT2D eigenvalue weighted by Crippen LogP contribution is -2.36. The van der Waals surface area contributed by atoms with E-state index >= 15 is 0 Å². The first kappa shape index (κ1) is 15.1. The number of hydrogen-bond donors (Lipinski definition) is 1. The van der Waals surface area contributed by atoms with Crippen molar-refractivity contribution < 1.29 is 9.53 Å². The van der Waals surface area contributed by atoms with Gasteiger partial charge in [0.15, 0.2) is 0 Å². The van der Waals surface area contributed by atoms with Crippen LogP contribution in [0.5, 0.6) is 5.75 Å². The number of carbonyl (C=O) groups excluding carboxylic acids is 1. The molecule has 116 valence electrons. The number of carbonyl (C=O) groups is 1. The Labute approximate surface area is 134 Å². The van der Waals surface area contributed by atoms with Crippen molar-refractivity contribution in [3.05, 3.63) is 45.6 Å². The molecule has 5 heteroatoms. The Hall–Kier alpha value is -1.85. The van der Waals surface area contributed by atoms with Crippen LogP contribution >= 0.6 is 11.3 Å². The second kappa shape index (κ2) is 6.50. The van der Waals surface area contributed by atoms with Crippen LogP contribution in [0.3, 0.4) is 0 Å². The number of anilines is 1. The number of nitrogens with one attached hydrogen (secondary N) is 1. The molecule has 1 aromatic heterocycles. The second-order valence-corrected chi connectivity index (χ2v) is 6.58. The van der Waals surface area contributed by atoms with Crippen molar-refractivity contribution in [2.24, 2.45) is 0 Å². The molecule has 4 nitrogen and oxygen atoms in total. The van der Waals surface area contributed by atoms with Gasteiger partial charge < -0.3 is 10.1 Å². The highest BCUT2D eigenvalue weighted by Crippen LogP contribution is 2.26. The Morgan fingerprint density at radius 2 is 2.27 bits per heavy atom. The molecule has 2 heterocycles. The quantitative estimate of drug-likeness (QED) is 0.942. The first-order valence-corrected chi connectivity index (χ1v) is 8.26. The Morgan fingerprint density at radius 1 is 1.41 bits per heavy atom. The van der Waals surface area contributed by atoms with Gasteiger partial charge in [-0.25, -0.2) is 0 Å². The van der Waals surface area contributed by atoms with E-state index in [1.807, 2.05) is 36.5 Å². The zero-order chi connectivity index (χ0) is 15.5. The smallest absolute Gasteiger partial charge is 0.238 e. The molecule has 0 aliphatic carbocycles. The second-order valence-electron chi connectivity index (χ2n) is 5.58. The third kappa shape index (κ3) is 3.31. The van der Waals surface area contributed by atoms with Crippen LogP contribution in [0.25, 0.3) is 0 Å². The maximum absolute atomic E-state index is 12.3. The molecule has 0 unspecified atom stereocenters. The maximum atomic E-state index is 12.3. The van der Waals surface area contributed by atoms with E-state index in [2.05, 4.69) is 21.7 Å². The fraction of sp³-hybridized carbons (Fsp3) is 0.353. The van der Waals surface area contributed by atoms with Crippen LogP contribution in [0.15, 0.2) is 29.6 Å². The van der Waals surface area contributed by atoms with E-state index in [0.717, 1.165) is 30.8 Å². The zero-order valence-corrected chi connectivity index (χ0v) is 13.7. The summed E-state index contributed by atoms with van der Waals surface area (Å²) in [5.41, 5.74) is 3.19. The lowest BCUT2D eigenvalue weighted by molar-refractivity contribution is -0.117. The van der Waals surface area contributed by atoms with Crippen molar-refractivity contribution >= 4 is 22.9 Å². The molecular formula is C17H20N2O2S. The van der Waals surface area contributed by atoms with Gasteiger partial charge in [-0.2, -0.15) is 0 Å². The number of hydrogen-bond acceptors (Lipinski definition) is 4. The summed E-state index contributed by atoms with van der Waals surface area (Å²) in [7, 11) is 1.61. The Kier molecular flexibility index (Phi) is 4.45. The van der Waals surface area contributed by atoms with Crippen molar-refractivity contribution in [1.29, 1.82) is 0 Å². The van der Waals surface area contributed by atoms with Crippen molar-refractivity contribution in [2.75, 3.05) is 25.5 Å². The maximum Gasteiger partial charge on any atom is 0.238 e. The normalized spacial score (nSPS) is 14.5. The summed E-state index contributed by atoms with van der Waals surface area (Å²) < 4.78 is 5.30. The molecule has 0 radical (unpaired) electrons. The molecule has 22 heavy (non-hydrogen) atoms. The molecule has 1 aliphatic heterocycles. The predicted octanol–water partition coefficient (Wildman–Crippen LogP) is 3.06. The van der Waals surface area contributed by atoms with E-state index < -0.39 is 0 Å². The number of benzene rings is 1. The van der Waals surface area contributed by atoms with Gasteiger partial charge in [0, 0.05) is 18.0 Å². The van der Waals surface area contributed by atoms with Crippen molar-refractivity contribution in [1.82, 2.24) is 4.90 Å². The molecule has 1 N–H and O–H groups in total. The molecule has 0 saturated carbocycles. The fourth-order valence-electron chi connectivity index (χ4n) is 2.75. The Balaban J connectivity index is 1.63. The summed E-state index contributed by atoms with van der Waals surface area (Å²) in [6.07, 6.45) is 1.04. The van der Waals surface area contributed by atoms with Crippen molar-refractivity contribution in [3.8, 4) is 5.75 Å². The van der Waals surface area contributed by atoms with Gasteiger partial charge in [-0.1, -0.05) is 6.07 Å². The summed E-state index contributed by atoms with van der Waals surface area (Å²) in [5.74, 6) is 0.695. The number of amides is 1. The summed E-state index contributed by atoms with van der Waals surface area (Å²) in [6.45, 7) is 4.20. The molecule has 0 atom stereocenters. The highest BCUT2D eigenvalue weighted by Gasteiger charge is 2.19. The largest absolute Gasteiger partial charge is 0.495 e. The van der Waals surface area contributed by atoms with E-state index in [9.17, 15) is 4.79 Å². The van der Waals surface area contributed by atoms with Gasteiger partial charge >= 0.3 is 0 Å². The monoisotopic (exact) mass is 316 g/mol. The first-order chi connectivity index (χ1) is 10.7. The Bertz CT molecular complexity index is 681. The van der Waals surface area contributed by atoms with Crippen LogP contribution < -0.4 is 10.1 Å². The highest BCUT2D eigenvalue weighted by molar-refractivity contribution is 7.10. The first-order valence-electron chi connectivity index (χ1n) is 7.38. The number of ether oxygens (including phenoxy) is 1. The van der Waals surface area contributed by atoms with Gasteiger partial charge in [-0.3, -0.25) is 9.69 Å². The van der Waals surface area contributed by atoms with Crippen LogP contribution in [0.2, 0.25) is 0 Å². The minimum absolute atomic E-state index is 0.00239. The average Bonchev–Trinajstić information content (AvgIpc) is 2.95. The van der Waals surface area contributed by atoms with Crippen LogP contribution in [-0.4, -0.2) is 31.0 Å². The van der Waals surface area contributed by atoms with E-state index in [-0.39, 0.29) is 5.91 Å². The zero-order valence-electron chi connectivity index (χ0n) is 12.9. The van der Waals surface area contributed by atoms with Gasteiger partial charge in [-0.15, -0.1) is 11.3 Å². The third-order valence-electron chi connectivity index (χ3n) is 3.88. The van der Waals surface area contributed by atoms with E-state index in [1.54, 1.807) is 7.11 Å². The number of aryl methyl sites for hydroxylation is 1. The lowest BCUT2D eigenvalue weighted by atomic mass is 10.1. The van der Waals surface area contributed by atoms with Gasteiger partial charge in [0.2, 0.25) is 5.91 Å². The topological polar surface area (TPSA) is 41.6 Å².